The van der Waals surface area contributed by atoms with Crippen LogP contribution in [0.5, 0.6) is 5.88 Å². The van der Waals surface area contributed by atoms with E-state index >= 15 is 0 Å². The third-order valence-corrected chi connectivity index (χ3v) is 3.50. The van der Waals surface area contributed by atoms with Crippen molar-refractivity contribution in [1.82, 2.24) is 4.98 Å². The maximum Gasteiger partial charge on any atom is 0.213 e. The van der Waals surface area contributed by atoms with Gasteiger partial charge in [0, 0.05) is 17.8 Å². The average Bonchev–Trinajstić information content (AvgIpc) is 2.62. The minimum absolute atomic E-state index is 0.00492. The number of aromatic nitrogens is 1. The Morgan fingerprint density at radius 3 is 2.17 bits per heavy atom. The summed E-state index contributed by atoms with van der Waals surface area (Å²) < 4.78 is 5.47. The Balaban J connectivity index is 1.56. The van der Waals surface area contributed by atoms with E-state index in [1.807, 2.05) is 42.5 Å². The molecule has 0 unspecified atom stereocenters. The molecule has 0 fully saturated rings. The van der Waals surface area contributed by atoms with Crippen LogP contribution in [0.15, 0.2) is 79.0 Å². The average molecular weight is 303 g/mol. The van der Waals surface area contributed by atoms with Crippen LogP contribution in [0.3, 0.4) is 0 Å². The van der Waals surface area contributed by atoms with Crippen LogP contribution in [-0.2, 0) is 6.42 Å². The van der Waals surface area contributed by atoms with Gasteiger partial charge in [0.05, 0.1) is 0 Å². The van der Waals surface area contributed by atoms with Crippen LogP contribution in [0.25, 0.3) is 0 Å². The van der Waals surface area contributed by atoms with Gasteiger partial charge in [-0.15, -0.1) is 0 Å². The largest absolute Gasteiger partial charge is 0.469 e. The number of rotatable bonds is 6. The van der Waals surface area contributed by atoms with Crippen molar-refractivity contribution in [2.75, 3.05) is 6.61 Å². The molecule has 0 saturated carbocycles. The number of Topliss-reactive ketones (excluding diaryl/α,β-unsaturated/α-hetero) is 1. The lowest BCUT2D eigenvalue weighted by molar-refractivity contribution is 0.0918. The summed E-state index contributed by atoms with van der Waals surface area (Å²) in [5, 5.41) is 0. The Morgan fingerprint density at radius 2 is 1.52 bits per heavy atom. The highest BCUT2D eigenvalue weighted by molar-refractivity contribution is 5.97. The molecule has 0 spiro atoms. The molecule has 3 aromatic rings. The lowest BCUT2D eigenvalue weighted by Crippen LogP contribution is -2.12. The molecule has 3 rings (SSSR count). The van der Waals surface area contributed by atoms with Crippen molar-refractivity contribution in [2.45, 2.75) is 6.42 Å². The molecule has 0 atom stereocenters. The monoisotopic (exact) mass is 303 g/mol. The Labute approximate surface area is 135 Å². The van der Waals surface area contributed by atoms with E-state index in [9.17, 15) is 4.79 Å². The normalized spacial score (nSPS) is 10.3. The summed E-state index contributed by atoms with van der Waals surface area (Å²) in [6.07, 6.45) is 2.62. The number of carbonyl (C=O) groups is 1. The van der Waals surface area contributed by atoms with Crippen molar-refractivity contribution >= 4 is 5.78 Å². The van der Waals surface area contributed by atoms with Gasteiger partial charge in [-0.25, -0.2) is 4.98 Å². The van der Waals surface area contributed by atoms with Gasteiger partial charge in [0.15, 0.2) is 12.4 Å². The van der Waals surface area contributed by atoms with Gasteiger partial charge in [0.2, 0.25) is 5.88 Å². The number of pyridine rings is 1. The van der Waals surface area contributed by atoms with Gasteiger partial charge in [-0.1, -0.05) is 66.7 Å². The lowest BCUT2D eigenvalue weighted by Gasteiger charge is -2.06. The van der Waals surface area contributed by atoms with Gasteiger partial charge in [-0.05, 0) is 17.5 Å². The SMILES string of the molecule is O=C(COc1ccc(Cc2ccccc2)cn1)c1ccccc1. The highest BCUT2D eigenvalue weighted by atomic mass is 16.5. The minimum Gasteiger partial charge on any atom is -0.469 e. The van der Waals surface area contributed by atoms with E-state index in [-0.39, 0.29) is 12.4 Å². The van der Waals surface area contributed by atoms with Crippen molar-refractivity contribution in [3.05, 3.63) is 95.7 Å². The number of ketones is 1. The standard InChI is InChI=1S/C20H17NO2/c22-19(18-9-5-2-6-10-18)15-23-20-12-11-17(14-21-20)13-16-7-3-1-4-8-16/h1-12,14H,13,15H2. The summed E-state index contributed by atoms with van der Waals surface area (Å²) in [5.74, 6) is 0.409. The van der Waals surface area contributed by atoms with Crippen LogP contribution in [-0.4, -0.2) is 17.4 Å². The highest BCUT2D eigenvalue weighted by Gasteiger charge is 2.06. The van der Waals surface area contributed by atoms with E-state index in [0.717, 1.165) is 12.0 Å². The van der Waals surface area contributed by atoms with Crippen molar-refractivity contribution in [3.63, 3.8) is 0 Å². The zero-order valence-corrected chi connectivity index (χ0v) is 12.7. The fourth-order valence-electron chi connectivity index (χ4n) is 2.28. The number of ether oxygens (including phenoxy) is 1. The summed E-state index contributed by atoms with van der Waals surface area (Å²) in [6, 6.07) is 23.1. The smallest absolute Gasteiger partial charge is 0.213 e. The Kier molecular flexibility index (Phi) is 4.79. The number of carbonyl (C=O) groups excluding carboxylic acids is 1. The Bertz CT molecular complexity index is 753. The van der Waals surface area contributed by atoms with Crippen LogP contribution in [0.4, 0.5) is 0 Å². The van der Waals surface area contributed by atoms with Crippen LogP contribution < -0.4 is 4.74 Å². The van der Waals surface area contributed by atoms with Crippen molar-refractivity contribution < 1.29 is 9.53 Å². The molecule has 1 heterocycles. The van der Waals surface area contributed by atoms with E-state index in [4.69, 9.17) is 4.74 Å². The molecule has 0 amide bonds. The van der Waals surface area contributed by atoms with Gasteiger partial charge in [-0.3, -0.25) is 4.79 Å². The third-order valence-electron chi connectivity index (χ3n) is 3.50. The first-order valence-electron chi connectivity index (χ1n) is 7.51. The Morgan fingerprint density at radius 1 is 0.826 bits per heavy atom. The second-order valence-corrected chi connectivity index (χ2v) is 5.24. The van der Waals surface area contributed by atoms with Gasteiger partial charge < -0.3 is 4.74 Å². The zero-order chi connectivity index (χ0) is 15.9. The summed E-state index contributed by atoms with van der Waals surface area (Å²) >= 11 is 0. The molecular formula is C20H17NO2. The van der Waals surface area contributed by atoms with Crippen molar-refractivity contribution in [2.24, 2.45) is 0 Å². The molecule has 23 heavy (non-hydrogen) atoms. The second-order valence-electron chi connectivity index (χ2n) is 5.24. The molecule has 0 aliphatic heterocycles. The van der Waals surface area contributed by atoms with Gasteiger partial charge in [0.25, 0.3) is 0 Å². The summed E-state index contributed by atoms with van der Waals surface area (Å²) in [6.45, 7) is -0.00492. The number of benzene rings is 2. The maximum atomic E-state index is 12.0. The van der Waals surface area contributed by atoms with Gasteiger partial charge >= 0.3 is 0 Å². The first kappa shape index (κ1) is 15.0. The second kappa shape index (κ2) is 7.36. The zero-order valence-electron chi connectivity index (χ0n) is 12.7. The fraction of sp³-hybridized carbons (Fsp3) is 0.100. The highest BCUT2D eigenvalue weighted by Crippen LogP contribution is 2.12. The van der Waals surface area contributed by atoms with Crippen LogP contribution in [0.2, 0.25) is 0 Å². The quantitative estimate of drug-likeness (QED) is 0.648. The topological polar surface area (TPSA) is 39.2 Å². The van der Waals surface area contributed by atoms with Crippen LogP contribution in [0, 0.1) is 0 Å². The van der Waals surface area contributed by atoms with Gasteiger partial charge in [-0.2, -0.15) is 0 Å². The fourth-order valence-corrected chi connectivity index (χ4v) is 2.28. The molecule has 0 bridgehead atoms. The molecule has 3 nitrogen and oxygen atoms in total. The van der Waals surface area contributed by atoms with Crippen molar-refractivity contribution in [3.8, 4) is 5.88 Å². The number of hydrogen-bond donors (Lipinski definition) is 0. The third kappa shape index (κ3) is 4.27. The van der Waals surface area contributed by atoms with E-state index in [2.05, 4.69) is 17.1 Å². The molecule has 0 N–H and O–H groups in total. The lowest BCUT2D eigenvalue weighted by atomic mass is 10.1. The number of nitrogens with zero attached hydrogens (tertiary/aromatic N) is 1. The van der Waals surface area contributed by atoms with Crippen LogP contribution in [0.1, 0.15) is 21.5 Å². The first-order chi connectivity index (χ1) is 11.3. The molecule has 0 aliphatic carbocycles. The van der Waals surface area contributed by atoms with E-state index in [1.165, 1.54) is 5.56 Å². The maximum absolute atomic E-state index is 12.0. The summed E-state index contributed by atoms with van der Waals surface area (Å²) in [4.78, 5) is 16.2. The van der Waals surface area contributed by atoms with Gasteiger partial charge in [0.1, 0.15) is 0 Å². The molecule has 0 radical (unpaired) electrons. The summed E-state index contributed by atoms with van der Waals surface area (Å²) in [7, 11) is 0. The van der Waals surface area contributed by atoms with E-state index in [0.29, 0.717) is 11.4 Å². The number of hydrogen-bond acceptors (Lipinski definition) is 3. The van der Waals surface area contributed by atoms with Crippen LogP contribution >= 0.6 is 0 Å². The molecule has 0 aliphatic rings. The predicted molar refractivity (Wildman–Crippen MR) is 89.8 cm³/mol. The first-order valence-corrected chi connectivity index (χ1v) is 7.51. The molecule has 2 aromatic carbocycles. The van der Waals surface area contributed by atoms with Crippen molar-refractivity contribution in [1.29, 1.82) is 0 Å². The molecule has 1 aromatic heterocycles. The van der Waals surface area contributed by atoms with E-state index in [1.54, 1.807) is 24.4 Å². The predicted octanol–water partition coefficient (Wildman–Crippen LogP) is 3.93. The molecule has 3 heteroatoms. The summed E-state index contributed by atoms with van der Waals surface area (Å²) in [5.41, 5.74) is 2.99. The minimum atomic E-state index is -0.0548. The molecule has 0 saturated heterocycles. The van der Waals surface area contributed by atoms with E-state index < -0.39 is 0 Å². The molecular weight excluding hydrogens is 286 g/mol. The Hall–Kier alpha value is -2.94. The molecule has 114 valence electrons.